The molecule has 0 heterocycles. The second-order valence-corrected chi connectivity index (χ2v) is 3.88. The van der Waals surface area contributed by atoms with Crippen molar-refractivity contribution in [3.8, 4) is 0 Å². The first-order valence-corrected chi connectivity index (χ1v) is 5.55. The third kappa shape index (κ3) is 5.84. The van der Waals surface area contributed by atoms with Crippen LogP contribution in [0, 0.1) is 0 Å². The average Bonchev–Trinajstić information content (AvgIpc) is 2.12. The van der Waals surface area contributed by atoms with Crippen LogP contribution < -0.4 is 5.32 Å². The Hall–Kier alpha value is 0.250. The number of rotatable bonds is 7. The van der Waals surface area contributed by atoms with E-state index in [1.807, 2.05) is 0 Å². The maximum atomic E-state index is 6.00. The molecule has 1 nitrogen and oxygen atoms in total. The fourth-order valence-corrected chi connectivity index (χ4v) is 1.33. The van der Waals surface area contributed by atoms with Gasteiger partial charge in [0.15, 0.2) is 0 Å². The first-order chi connectivity index (χ1) is 5.74. The lowest BCUT2D eigenvalue weighted by molar-refractivity contribution is 0.474. The van der Waals surface area contributed by atoms with E-state index in [1.165, 1.54) is 12.8 Å². The molecule has 2 heteroatoms. The summed E-state index contributed by atoms with van der Waals surface area (Å²) in [6.45, 7) is 7.64. The highest BCUT2D eigenvalue weighted by Gasteiger charge is 2.04. The van der Waals surface area contributed by atoms with Gasteiger partial charge in [0.1, 0.15) is 0 Å². The molecular formula is C10H22ClN. The number of hydrogen-bond donors (Lipinski definition) is 1. The molecule has 0 spiro atoms. The molecule has 0 aromatic carbocycles. The first-order valence-electron chi connectivity index (χ1n) is 5.11. The molecule has 0 bridgehead atoms. The third-order valence-corrected chi connectivity index (χ3v) is 2.85. The summed E-state index contributed by atoms with van der Waals surface area (Å²) in [6, 6.07) is 0.686. The highest BCUT2D eigenvalue weighted by Crippen LogP contribution is 2.05. The number of nitrogens with one attached hydrogen (secondary N) is 1. The fraction of sp³-hybridized carbons (Fsp3) is 1.00. The summed E-state index contributed by atoms with van der Waals surface area (Å²) in [4.78, 5) is 0. The molecule has 0 saturated carbocycles. The highest BCUT2D eigenvalue weighted by atomic mass is 35.5. The molecule has 74 valence electrons. The predicted molar refractivity (Wildman–Crippen MR) is 56.9 cm³/mol. The van der Waals surface area contributed by atoms with Crippen LogP contribution in [0.4, 0.5) is 0 Å². The van der Waals surface area contributed by atoms with E-state index in [0.717, 1.165) is 19.4 Å². The number of alkyl halides is 1. The van der Waals surface area contributed by atoms with E-state index in [0.29, 0.717) is 11.4 Å². The molecule has 0 aromatic rings. The molecule has 0 aromatic heterocycles. The lowest BCUT2D eigenvalue weighted by Gasteiger charge is -2.15. The lowest BCUT2D eigenvalue weighted by atomic mass is 10.1. The normalized spacial score (nSPS) is 13.8. The highest BCUT2D eigenvalue weighted by molar-refractivity contribution is 6.20. The van der Waals surface area contributed by atoms with Gasteiger partial charge in [0, 0.05) is 11.4 Å². The Kier molecular flexibility index (Phi) is 8.04. The largest absolute Gasteiger partial charge is 0.314 e. The molecule has 1 unspecified atom stereocenters. The van der Waals surface area contributed by atoms with Crippen molar-refractivity contribution in [1.82, 2.24) is 5.32 Å². The molecule has 0 saturated heterocycles. The van der Waals surface area contributed by atoms with Crippen molar-refractivity contribution >= 4 is 11.6 Å². The van der Waals surface area contributed by atoms with Crippen molar-refractivity contribution in [3.63, 3.8) is 0 Å². The summed E-state index contributed by atoms with van der Waals surface area (Å²) in [7, 11) is 0. The fourth-order valence-electron chi connectivity index (χ4n) is 1.23. The van der Waals surface area contributed by atoms with Gasteiger partial charge in [0.05, 0.1) is 0 Å². The Bertz CT molecular complexity index is 91.8. The molecular weight excluding hydrogens is 170 g/mol. The van der Waals surface area contributed by atoms with E-state index in [4.69, 9.17) is 11.6 Å². The summed E-state index contributed by atoms with van der Waals surface area (Å²) in [6.07, 6.45) is 4.60. The Morgan fingerprint density at radius 1 is 1.08 bits per heavy atom. The Labute approximate surface area is 81.9 Å². The van der Waals surface area contributed by atoms with Crippen molar-refractivity contribution in [2.75, 3.05) is 6.54 Å². The zero-order valence-electron chi connectivity index (χ0n) is 8.57. The summed E-state index contributed by atoms with van der Waals surface area (Å²) < 4.78 is 0. The minimum Gasteiger partial charge on any atom is -0.314 e. The van der Waals surface area contributed by atoms with Crippen LogP contribution in [0.25, 0.3) is 0 Å². The molecule has 1 N–H and O–H groups in total. The summed E-state index contributed by atoms with van der Waals surface area (Å²) >= 11 is 6.00. The first kappa shape index (κ1) is 12.2. The molecule has 1 atom stereocenters. The van der Waals surface area contributed by atoms with E-state index < -0.39 is 0 Å². The molecule has 0 radical (unpaired) electrons. The minimum atomic E-state index is 0.354. The quantitative estimate of drug-likeness (QED) is 0.610. The monoisotopic (exact) mass is 191 g/mol. The maximum absolute atomic E-state index is 6.00. The topological polar surface area (TPSA) is 12.0 Å². The van der Waals surface area contributed by atoms with Crippen LogP contribution in [-0.4, -0.2) is 18.0 Å². The minimum absolute atomic E-state index is 0.354. The Morgan fingerprint density at radius 2 is 1.67 bits per heavy atom. The molecule has 0 amide bonds. The van der Waals surface area contributed by atoms with Crippen molar-refractivity contribution < 1.29 is 0 Å². The zero-order valence-corrected chi connectivity index (χ0v) is 9.32. The van der Waals surface area contributed by atoms with Crippen molar-refractivity contribution in [1.29, 1.82) is 0 Å². The van der Waals surface area contributed by atoms with Gasteiger partial charge in [-0.05, 0) is 32.2 Å². The van der Waals surface area contributed by atoms with Crippen LogP contribution in [0.15, 0.2) is 0 Å². The third-order valence-electron chi connectivity index (χ3n) is 2.32. The number of halogens is 1. The standard InChI is InChI=1S/C10H22ClN/c1-4-9(11)7-8-12-10(5-2)6-3/h9-10,12H,4-8H2,1-3H3. The predicted octanol–water partition coefficient (Wildman–Crippen LogP) is 3.17. The van der Waals surface area contributed by atoms with Gasteiger partial charge in [0.2, 0.25) is 0 Å². The molecule has 0 aliphatic carbocycles. The number of hydrogen-bond acceptors (Lipinski definition) is 1. The van der Waals surface area contributed by atoms with Crippen molar-refractivity contribution in [2.45, 2.75) is 57.9 Å². The Balaban J connectivity index is 3.28. The van der Waals surface area contributed by atoms with Crippen LogP contribution in [0.1, 0.15) is 46.5 Å². The van der Waals surface area contributed by atoms with E-state index in [9.17, 15) is 0 Å². The maximum Gasteiger partial charge on any atom is 0.0345 e. The van der Waals surface area contributed by atoms with Gasteiger partial charge >= 0.3 is 0 Å². The molecule has 0 fully saturated rings. The van der Waals surface area contributed by atoms with Gasteiger partial charge in [-0.2, -0.15) is 0 Å². The molecule has 12 heavy (non-hydrogen) atoms. The molecule has 0 rings (SSSR count). The van der Waals surface area contributed by atoms with Crippen molar-refractivity contribution in [3.05, 3.63) is 0 Å². The van der Waals surface area contributed by atoms with E-state index in [2.05, 4.69) is 26.1 Å². The van der Waals surface area contributed by atoms with Gasteiger partial charge in [-0.25, -0.2) is 0 Å². The van der Waals surface area contributed by atoms with Gasteiger partial charge in [0.25, 0.3) is 0 Å². The van der Waals surface area contributed by atoms with Crippen LogP contribution in [0.5, 0.6) is 0 Å². The van der Waals surface area contributed by atoms with E-state index >= 15 is 0 Å². The lowest BCUT2D eigenvalue weighted by Crippen LogP contribution is -2.29. The van der Waals surface area contributed by atoms with Crippen LogP contribution in [0.3, 0.4) is 0 Å². The second kappa shape index (κ2) is 7.88. The van der Waals surface area contributed by atoms with Gasteiger partial charge in [-0.1, -0.05) is 20.8 Å². The van der Waals surface area contributed by atoms with Gasteiger partial charge in [-0.3, -0.25) is 0 Å². The molecule has 0 aliphatic heterocycles. The van der Waals surface area contributed by atoms with Gasteiger partial charge in [-0.15, -0.1) is 11.6 Å². The van der Waals surface area contributed by atoms with Crippen LogP contribution >= 0.6 is 11.6 Å². The van der Waals surface area contributed by atoms with Crippen LogP contribution in [-0.2, 0) is 0 Å². The SMILES string of the molecule is CCC(Cl)CCNC(CC)CC. The molecule has 0 aliphatic rings. The summed E-state index contributed by atoms with van der Waals surface area (Å²) in [5.74, 6) is 0. The summed E-state index contributed by atoms with van der Waals surface area (Å²) in [5.41, 5.74) is 0. The Morgan fingerprint density at radius 3 is 2.08 bits per heavy atom. The van der Waals surface area contributed by atoms with Crippen LogP contribution in [0.2, 0.25) is 0 Å². The zero-order chi connectivity index (χ0) is 9.40. The average molecular weight is 192 g/mol. The van der Waals surface area contributed by atoms with Gasteiger partial charge < -0.3 is 5.32 Å². The van der Waals surface area contributed by atoms with Crippen molar-refractivity contribution in [2.24, 2.45) is 0 Å². The van der Waals surface area contributed by atoms with E-state index in [-0.39, 0.29) is 0 Å². The van der Waals surface area contributed by atoms with E-state index in [1.54, 1.807) is 0 Å². The summed E-state index contributed by atoms with van der Waals surface area (Å²) in [5, 5.41) is 3.85. The second-order valence-electron chi connectivity index (χ2n) is 3.26. The smallest absolute Gasteiger partial charge is 0.0345 e.